The molecule has 0 aliphatic carbocycles. The lowest BCUT2D eigenvalue weighted by Gasteiger charge is -2.09. The summed E-state index contributed by atoms with van der Waals surface area (Å²) in [6.07, 6.45) is 17.1. The zero-order valence-electron chi connectivity index (χ0n) is 24.8. The minimum Gasteiger partial charge on any atom is -0.259 e. The van der Waals surface area contributed by atoms with Gasteiger partial charge < -0.3 is 0 Å². The van der Waals surface area contributed by atoms with Gasteiger partial charge >= 0.3 is 0 Å². The van der Waals surface area contributed by atoms with Gasteiger partial charge in [0.15, 0.2) is 11.6 Å². The van der Waals surface area contributed by atoms with E-state index in [0.29, 0.717) is 11.6 Å². The number of hydrazone groups is 2. The summed E-state index contributed by atoms with van der Waals surface area (Å²) >= 11 is 0. The second-order valence-corrected chi connectivity index (χ2v) is 10.4. The third-order valence-electron chi connectivity index (χ3n) is 6.93. The van der Waals surface area contributed by atoms with Crippen molar-refractivity contribution in [1.82, 2.24) is 10.2 Å². The van der Waals surface area contributed by atoms with Gasteiger partial charge in [0.05, 0.1) is 12.4 Å². The average Bonchev–Trinajstić information content (AvgIpc) is 3.03. The van der Waals surface area contributed by atoms with Gasteiger partial charge in [-0.3, -0.25) is 10.9 Å². The fourth-order valence-electron chi connectivity index (χ4n) is 4.65. The molecule has 0 aliphatic heterocycles. The molecule has 0 radical (unpaired) electrons. The van der Waals surface area contributed by atoms with Crippen LogP contribution >= 0.6 is 0 Å². The van der Waals surface area contributed by atoms with Crippen molar-refractivity contribution in [1.29, 1.82) is 0 Å². The van der Waals surface area contributed by atoms with Crippen LogP contribution in [0.3, 0.4) is 0 Å². The Bertz CT molecular complexity index is 1380. The molecular weight excluding hydrogens is 516 g/mol. The Morgan fingerprint density at radius 3 is 1.38 bits per heavy atom. The molecule has 42 heavy (non-hydrogen) atoms. The molecule has 0 spiro atoms. The van der Waals surface area contributed by atoms with Gasteiger partial charge in [0.1, 0.15) is 0 Å². The maximum absolute atomic E-state index is 4.55. The Balaban J connectivity index is 1.49. The molecule has 0 atom stereocenters. The molecule has 1 aromatic heterocycles. The van der Waals surface area contributed by atoms with Gasteiger partial charge in [0.25, 0.3) is 0 Å². The van der Waals surface area contributed by atoms with Crippen molar-refractivity contribution in [2.75, 3.05) is 10.9 Å². The van der Waals surface area contributed by atoms with Crippen LogP contribution in [0, 0.1) is 0 Å². The van der Waals surface area contributed by atoms with E-state index in [1.807, 2.05) is 48.8 Å². The molecular formula is C36H42N6. The smallest absolute Gasteiger partial charge is 0.176 e. The number of rotatable bonds is 16. The fourth-order valence-corrected chi connectivity index (χ4v) is 4.65. The van der Waals surface area contributed by atoms with E-state index in [1.54, 1.807) is 0 Å². The first-order chi connectivity index (χ1) is 20.8. The summed E-state index contributed by atoms with van der Waals surface area (Å²) in [6, 6.07) is 28.7. The van der Waals surface area contributed by atoms with Gasteiger partial charge in [-0.05, 0) is 48.0 Å². The Labute approximate surface area is 250 Å². The van der Waals surface area contributed by atoms with Gasteiger partial charge in [-0.15, -0.1) is 10.2 Å². The molecule has 0 fully saturated rings. The van der Waals surface area contributed by atoms with E-state index in [1.165, 1.54) is 48.0 Å². The highest BCUT2D eigenvalue weighted by Crippen LogP contribution is 2.26. The summed E-state index contributed by atoms with van der Waals surface area (Å²) in [7, 11) is 0. The quantitative estimate of drug-likeness (QED) is 0.0815. The van der Waals surface area contributed by atoms with Gasteiger partial charge in [-0.1, -0.05) is 137 Å². The van der Waals surface area contributed by atoms with Crippen LogP contribution < -0.4 is 10.9 Å². The number of fused-ring (bicyclic) bond motifs is 1. The van der Waals surface area contributed by atoms with Gasteiger partial charge in [-0.2, -0.15) is 10.2 Å². The summed E-state index contributed by atoms with van der Waals surface area (Å²) in [6.45, 7) is 4.44. The lowest BCUT2D eigenvalue weighted by molar-refractivity contribution is 0.724. The number of nitrogens with one attached hydrogen (secondary N) is 2. The van der Waals surface area contributed by atoms with Gasteiger partial charge in [0.2, 0.25) is 0 Å². The summed E-state index contributed by atoms with van der Waals surface area (Å²) < 4.78 is 0. The molecule has 3 aromatic carbocycles. The number of allylic oxidation sites excluding steroid dienone is 2. The van der Waals surface area contributed by atoms with Crippen molar-refractivity contribution in [3.63, 3.8) is 0 Å². The maximum Gasteiger partial charge on any atom is 0.176 e. The number of aromatic nitrogens is 2. The van der Waals surface area contributed by atoms with Crippen molar-refractivity contribution in [2.45, 2.75) is 65.2 Å². The molecule has 0 bridgehead atoms. The number of hydrogen-bond acceptors (Lipinski definition) is 6. The highest BCUT2D eigenvalue weighted by atomic mass is 15.4. The van der Waals surface area contributed by atoms with Crippen molar-refractivity contribution < 1.29 is 0 Å². The maximum atomic E-state index is 4.55. The first kappa shape index (κ1) is 30.4. The molecule has 6 heteroatoms. The predicted molar refractivity (Wildman–Crippen MR) is 181 cm³/mol. The molecule has 0 saturated carbocycles. The van der Waals surface area contributed by atoms with Gasteiger partial charge in [0, 0.05) is 10.8 Å². The molecule has 1 heterocycles. The van der Waals surface area contributed by atoms with Gasteiger partial charge in [-0.25, -0.2) is 0 Å². The van der Waals surface area contributed by atoms with Crippen LogP contribution in [0.25, 0.3) is 22.9 Å². The molecule has 0 unspecified atom stereocenters. The number of hydrogen-bond donors (Lipinski definition) is 2. The fraction of sp³-hybridized carbons (Fsp3) is 0.278. The number of benzene rings is 3. The minimum absolute atomic E-state index is 0.605. The van der Waals surface area contributed by atoms with Crippen molar-refractivity contribution in [2.24, 2.45) is 10.2 Å². The lowest BCUT2D eigenvalue weighted by atomic mass is 10.1. The van der Waals surface area contributed by atoms with E-state index in [2.05, 4.69) is 106 Å². The number of nitrogens with zero attached hydrogens (tertiary/aromatic N) is 4. The minimum atomic E-state index is 0.605. The average molecular weight is 559 g/mol. The zero-order valence-corrected chi connectivity index (χ0v) is 24.8. The van der Waals surface area contributed by atoms with E-state index in [-0.39, 0.29) is 0 Å². The zero-order chi connectivity index (χ0) is 29.2. The molecule has 0 saturated heterocycles. The molecule has 2 N–H and O–H groups in total. The largest absolute Gasteiger partial charge is 0.259 e. The van der Waals surface area contributed by atoms with Crippen LogP contribution in [0.4, 0.5) is 11.6 Å². The number of unbranched alkanes of at least 4 members (excludes halogenated alkanes) is 4. The van der Waals surface area contributed by atoms with Crippen LogP contribution in [0.15, 0.2) is 106 Å². The Kier molecular flexibility index (Phi) is 12.5. The Hall–Kier alpha value is -4.58. The Morgan fingerprint density at radius 2 is 0.976 bits per heavy atom. The van der Waals surface area contributed by atoms with Crippen LogP contribution in [-0.4, -0.2) is 22.6 Å². The standard InChI is InChI=1S/C36H42N6/c1-3-5-9-21-31(25-29-17-11-7-12-18-29)27-37-39-35-33-23-15-16-24-34(33)36(42-41-35)40-38-28-32(22-10-6-4-2)26-30-19-13-8-14-20-30/h7-8,11-20,23-28H,3-6,9-10,21-22H2,1-2H3,(H,39,41)(H,40,42)/b31-25-,32-26-,37-27-,38-28+. The highest BCUT2D eigenvalue weighted by molar-refractivity contribution is 5.99. The van der Waals surface area contributed by atoms with Crippen molar-refractivity contribution in [3.05, 3.63) is 107 Å². The second-order valence-electron chi connectivity index (χ2n) is 10.4. The molecule has 4 rings (SSSR count). The van der Waals surface area contributed by atoms with Crippen LogP contribution in [-0.2, 0) is 0 Å². The van der Waals surface area contributed by atoms with Crippen LogP contribution in [0.5, 0.6) is 0 Å². The van der Waals surface area contributed by atoms with Crippen molar-refractivity contribution in [3.8, 4) is 0 Å². The van der Waals surface area contributed by atoms with E-state index in [4.69, 9.17) is 0 Å². The van der Waals surface area contributed by atoms with Crippen LogP contribution in [0.2, 0.25) is 0 Å². The van der Waals surface area contributed by atoms with Crippen molar-refractivity contribution >= 4 is 47.0 Å². The summed E-state index contributed by atoms with van der Waals surface area (Å²) in [5.41, 5.74) is 10.9. The highest BCUT2D eigenvalue weighted by Gasteiger charge is 2.08. The summed E-state index contributed by atoms with van der Waals surface area (Å²) in [5.74, 6) is 1.21. The first-order valence-corrected chi connectivity index (χ1v) is 15.1. The molecule has 4 aromatic rings. The van der Waals surface area contributed by atoms with E-state index in [0.717, 1.165) is 36.5 Å². The third-order valence-corrected chi connectivity index (χ3v) is 6.93. The Morgan fingerprint density at radius 1 is 0.571 bits per heavy atom. The monoisotopic (exact) mass is 558 g/mol. The number of anilines is 2. The summed E-state index contributed by atoms with van der Waals surface area (Å²) in [4.78, 5) is 0. The lowest BCUT2D eigenvalue weighted by Crippen LogP contribution is -2.02. The topological polar surface area (TPSA) is 74.6 Å². The molecule has 0 amide bonds. The van der Waals surface area contributed by atoms with E-state index >= 15 is 0 Å². The SMILES string of the molecule is CCCCCC(/C=N\Nc1nnc(N/N=C/C(=C\c2ccccc2)CCCCC)c2ccccc12)=C/c1ccccc1. The first-order valence-electron chi connectivity index (χ1n) is 15.1. The molecule has 6 nitrogen and oxygen atoms in total. The third kappa shape index (κ3) is 9.81. The van der Waals surface area contributed by atoms with E-state index in [9.17, 15) is 0 Å². The van der Waals surface area contributed by atoms with Crippen LogP contribution in [0.1, 0.15) is 76.3 Å². The normalized spacial score (nSPS) is 12.4. The molecule has 0 aliphatic rings. The molecule has 216 valence electrons. The second kappa shape index (κ2) is 17.3. The predicted octanol–water partition coefficient (Wildman–Crippen LogP) is 9.75. The van der Waals surface area contributed by atoms with E-state index < -0.39 is 0 Å². The summed E-state index contributed by atoms with van der Waals surface area (Å²) in [5, 5.41) is 19.8.